The quantitative estimate of drug-likeness (QED) is 0.718. The molecule has 2 aromatic rings. The highest BCUT2D eigenvalue weighted by Crippen LogP contribution is 2.22. The van der Waals surface area contributed by atoms with Gasteiger partial charge in [-0.05, 0) is 29.3 Å². The van der Waals surface area contributed by atoms with Crippen molar-refractivity contribution in [3.8, 4) is 11.1 Å². The molecule has 0 aromatic heterocycles. The first kappa shape index (κ1) is 19.6. The summed E-state index contributed by atoms with van der Waals surface area (Å²) in [6.07, 6.45) is 5.59. The van der Waals surface area contributed by atoms with Gasteiger partial charge in [-0.25, -0.2) is 0 Å². The average molecular weight is 293 g/mol. The molecule has 116 valence electrons. The fourth-order valence-corrected chi connectivity index (χ4v) is 1.89. The van der Waals surface area contributed by atoms with Crippen LogP contribution in [0.15, 0.2) is 86.0 Å². The Morgan fingerprint density at radius 3 is 1.77 bits per heavy atom. The predicted octanol–water partition coefficient (Wildman–Crippen LogP) is 5.71. The van der Waals surface area contributed by atoms with E-state index in [0.717, 1.165) is 11.1 Å². The highest BCUT2D eigenvalue weighted by molar-refractivity contribution is 5.76. The third kappa shape index (κ3) is 5.94. The first-order valence-corrected chi connectivity index (χ1v) is 7.54. The van der Waals surface area contributed by atoms with E-state index in [1.54, 1.807) is 6.08 Å². The minimum absolute atomic E-state index is 1.09. The molecule has 0 fully saturated rings. The smallest absolute Gasteiger partial charge is 0.0184 e. The van der Waals surface area contributed by atoms with Gasteiger partial charge >= 0.3 is 0 Å². The first-order chi connectivity index (χ1) is 10.8. The van der Waals surface area contributed by atoms with Gasteiger partial charge in [-0.1, -0.05) is 99.8 Å². The molecule has 2 rings (SSSR count). The van der Waals surface area contributed by atoms with Gasteiger partial charge in [0, 0.05) is 0 Å². The maximum absolute atomic E-state index is 4.50. The molecule has 22 heavy (non-hydrogen) atoms. The van der Waals surface area contributed by atoms with E-state index < -0.39 is 0 Å². The van der Waals surface area contributed by atoms with Crippen LogP contribution in [0.3, 0.4) is 0 Å². The van der Waals surface area contributed by atoms with Gasteiger partial charge in [0.1, 0.15) is 0 Å². The highest BCUT2D eigenvalue weighted by atomic mass is 14.4. The molecule has 2 aromatic carbocycles. The Kier molecular flexibility index (Phi) is 11.0. The summed E-state index contributed by atoms with van der Waals surface area (Å²) in [6.45, 7) is 11.5. The van der Waals surface area contributed by atoms with Gasteiger partial charge in [-0.3, -0.25) is 0 Å². The second-order valence-electron chi connectivity index (χ2n) is 4.01. The molecule has 1 heteroatoms. The van der Waals surface area contributed by atoms with Crippen molar-refractivity contribution in [1.82, 2.24) is 0 Å². The van der Waals surface area contributed by atoms with Gasteiger partial charge in [0.15, 0.2) is 0 Å². The van der Waals surface area contributed by atoms with Gasteiger partial charge in [-0.2, -0.15) is 0 Å². The van der Waals surface area contributed by atoms with E-state index in [0.29, 0.717) is 0 Å². The van der Waals surface area contributed by atoms with Crippen LogP contribution in [0.4, 0.5) is 0 Å². The van der Waals surface area contributed by atoms with Crippen LogP contribution in [0.25, 0.3) is 16.7 Å². The van der Waals surface area contributed by atoms with E-state index in [4.69, 9.17) is 0 Å². The van der Waals surface area contributed by atoms with Crippen LogP contribution in [0.1, 0.15) is 19.4 Å². The zero-order valence-electron chi connectivity index (χ0n) is 13.9. The van der Waals surface area contributed by atoms with E-state index in [1.807, 2.05) is 32.1 Å². The first-order valence-electron chi connectivity index (χ1n) is 7.54. The van der Waals surface area contributed by atoms with Crippen LogP contribution in [-0.2, 0) is 0 Å². The third-order valence-electron chi connectivity index (χ3n) is 2.84. The van der Waals surface area contributed by atoms with Gasteiger partial charge in [0.05, 0.1) is 0 Å². The van der Waals surface area contributed by atoms with Gasteiger partial charge in [-0.15, -0.1) is 0 Å². The summed E-state index contributed by atoms with van der Waals surface area (Å²) in [4.78, 5) is 0. The number of allylic oxidation sites excluding steroid dienone is 4. The molecule has 2 N–H and O–H groups in total. The summed E-state index contributed by atoms with van der Waals surface area (Å²) >= 11 is 0. The molecule has 0 amide bonds. The van der Waals surface area contributed by atoms with Crippen LogP contribution >= 0.6 is 0 Å². The van der Waals surface area contributed by atoms with Crippen molar-refractivity contribution in [2.24, 2.45) is 5.73 Å². The lowest BCUT2D eigenvalue weighted by molar-refractivity contribution is 1.48. The zero-order chi connectivity index (χ0) is 16.8. The summed E-state index contributed by atoms with van der Waals surface area (Å²) in [7, 11) is 1.50. The monoisotopic (exact) mass is 293 g/mol. The minimum Gasteiger partial charge on any atom is -0.333 e. The zero-order valence-corrected chi connectivity index (χ0v) is 13.9. The lowest BCUT2D eigenvalue weighted by Gasteiger charge is -2.05. The van der Waals surface area contributed by atoms with Crippen LogP contribution in [0.5, 0.6) is 0 Å². The largest absolute Gasteiger partial charge is 0.333 e. The predicted molar refractivity (Wildman–Crippen MR) is 102 cm³/mol. The van der Waals surface area contributed by atoms with Crippen molar-refractivity contribution in [3.05, 3.63) is 91.5 Å². The van der Waals surface area contributed by atoms with Crippen molar-refractivity contribution >= 4 is 5.57 Å². The Morgan fingerprint density at radius 1 is 0.818 bits per heavy atom. The summed E-state index contributed by atoms with van der Waals surface area (Å²) in [5.41, 5.74) is 9.20. The Morgan fingerprint density at radius 2 is 1.32 bits per heavy atom. The Bertz CT molecular complexity index is 563. The van der Waals surface area contributed by atoms with Crippen molar-refractivity contribution < 1.29 is 0 Å². The molecular weight excluding hydrogens is 266 g/mol. The number of nitrogens with two attached hydrogens (primary N) is 1. The lowest BCUT2D eigenvalue weighted by atomic mass is 10.0. The van der Waals surface area contributed by atoms with Crippen molar-refractivity contribution in [3.63, 3.8) is 0 Å². The molecule has 1 nitrogen and oxygen atoms in total. The average Bonchev–Trinajstić information content (AvgIpc) is 2.64. The van der Waals surface area contributed by atoms with Gasteiger partial charge in [0.2, 0.25) is 0 Å². The molecule has 0 aliphatic heterocycles. The van der Waals surface area contributed by atoms with E-state index in [1.165, 1.54) is 18.2 Å². The van der Waals surface area contributed by atoms with E-state index in [9.17, 15) is 0 Å². The van der Waals surface area contributed by atoms with E-state index in [2.05, 4.69) is 67.4 Å². The normalized spacial score (nSPS) is 9.55. The van der Waals surface area contributed by atoms with Crippen molar-refractivity contribution in [2.45, 2.75) is 13.8 Å². The molecule has 0 aliphatic rings. The molecule has 0 atom stereocenters. The Hall–Kier alpha value is -2.38. The summed E-state index contributed by atoms with van der Waals surface area (Å²) in [6, 6.07) is 18.8. The maximum atomic E-state index is 4.50. The van der Waals surface area contributed by atoms with E-state index >= 15 is 0 Å². The van der Waals surface area contributed by atoms with Crippen LogP contribution in [0, 0.1) is 0 Å². The maximum Gasteiger partial charge on any atom is -0.0184 e. The Balaban J connectivity index is 0.00000102. The Labute approximate surface area is 135 Å². The molecule has 0 saturated carbocycles. The van der Waals surface area contributed by atoms with Crippen LogP contribution in [-0.4, -0.2) is 7.05 Å². The number of benzene rings is 2. The van der Waals surface area contributed by atoms with Crippen LogP contribution in [0.2, 0.25) is 0 Å². The van der Waals surface area contributed by atoms with Crippen molar-refractivity contribution in [2.75, 3.05) is 7.05 Å². The molecule has 0 heterocycles. The lowest BCUT2D eigenvalue weighted by Crippen LogP contribution is -1.82. The minimum atomic E-state index is 1.09. The van der Waals surface area contributed by atoms with Gasteiger partial charge in [0.25, 0.3) is 0 Å². The fraction of sp³-hybridized carbons (Fsp3) is 0.143. The summed E-state index contributed by atoms with van der Waals surface area (Å²) in [5, 5.41) is 0. The molecule has 0 unspecified atom stereocenters. The van der Waals surface area contributed by atoms with Gasteiger partial charge < -0.3 is 5.73 Å². The molecular formula is C21H27N. The number of rotatable bonds is 4. The molecule has 0 aliphatic carbocycles. The third-order valence-corrected chi connectivity index (χ3v) is 2.84. The molecule has 0 bridgehead atoms. The van der Waals surface area contributed by atoms with E-state index in [-0.39, 0.29) is 0 Å². The summed E-state index contributed by atoms with van der Waals surface area (Å²) in [5.74, 6) is 0. The fourth-order valence-electron chi connectivity index (χ4n) is 1.89. The highest BCUT2D eigenvalue weighted by Gasteiger charge is 1.99. The molecule has 0 saturated heterocycles. The number of hydrogen-bond donors (Lipinski definition) is 1. The number of hydrogen-bond acceptors (Lipinski definition) is 1. The van der Waals surface area contributed by atoms with Crippen LogP contribution < -0.4 is 5.73 Å². The van der Waals surface area contributed by atoms with Crippen molar-refractivity contribution in [1.29, 1.82) is 0 Å². The second kappa shape index (κ2) is 12.4. The second-order valence-corrected chi connectivity index (χ2v) is 4.01. The standard InChI is InChI=1S/C18H16.C2H6.CH5N/c1-3-8-15(4-2)17-11-13-18(14-12-17)16-9-6-5-7-10-16;2*1-2/h3-14H,1-2H2;1-2H3;2H2,1H3/b15-8+;;. The summed E-state index contributed by atoms with van der Waals surface area (Å²) < 4.78 is 0. The topological polar surface area (TPSA) is 26.0 Å². The SMILES string of the molecule is C=C/C=C(\C=C)c1ccc(-c2ccccc2)cc1.CC.CN. The molecule has 0 radical (unpaired) electrons. The molecule has 0 spiro atoms.